The van der Waals surface area contributed by atoms with Crippen molar-refractivity contribution in [3.63, 3.8) is 0 Å². The third-order valence-corrected chi connectivity index (χ3v) is 5.52. The first-order valence-corrected chi connectivity index (χ1v) is 9.30. The van der Waals surface area contributed by atoms with E-state index in [0.29, 0.717) is 0 Å². The molecule has 3 nitrogen and oxygen atoms in total. The van der Waals surface area contributed by atoms with E-state index in [4.69, 9.17) is 4.98 Å². The molecular formula is C25H16N2O. The van der Waals surface area contributed by atoms with Crippen LogP contribution in [0.1, 0.15) is 0 Å². The maximum Gasteiger partial charge on any atom is 0.158 e. The Hall–Kier alpha value is -3.85. The summed E-state index contributed by atoms with van der Waals surface area (Å²) >= 11 is 0. The molecule has 132 valence electrons. The minimum absolute atomic E-state index is 0.166. The van der Waals surface area contributed by atoms with Gasteiger partial charge in [-0.3, -0.25) is 4.98 Å². The fourth-order valence-electron chi connectivity index (χ4n) is 4.29. The molecule has 28 heavy (non-hydrogen) atoms. The number of H-pyrrole nitrogens is 1. The molecular weight excluding hydrogens is 344 g/mol. The number of benzene rings is 4. The summed E-state index contributed by atoms with van der Waals surface area (Å²) in [5.41, 5.74) is 3.71. The number of aromatic nitrogens is 2. The minimum atomic E-state index is 0.166. The van der Waals surface area contributed by atoms with Crippen LogP contribution in [-0.4, -0.2) is 15.1 Å². The van der Waals surface area contributed by atoms with Crippen LogP contribution in [0, 0.1) is 0 Å². The van der Waals surface area contributed by atoms with Crippen LogP contribution in [0.5, 0.6) is 5.75 Å². The van der Waals surface area contributed by atoms with Gasteiger partial charge in [-0.05, 0) is 33.7 Å². The minimum Gasteiger partial charge on any atom is -0.504 e. The lowest BCUT2D eigenvalue weighted by atomic mass is 9.93. The van der Waals surface area contributed by atoms with Crippen LogP contribution < -0.4 is 0 Å². The predicted molar refractivity (Wildman–Crippen MR) is 116 cm³/mol. The van der Waals surface area contributed by atoms with Crippen LogP contribution in [0.15, 0.2) is 85.1 Å². The molecule has 0 spiro atoms. The first-order chi connectivity index (χ1) is 13.8. The van der Waals surface area contributed by atoms with Crippen LogP contribution in [0.4, 0.5) is 0 Å². The third kappa shape index (κ3) is 2.01. The lowest BCUT2D eigenvalue weighted by molar-refractivity contribution is 0.478. The highest BCUT2D eigenvalue weighted by atomic mass is 16.3. The highest BCUT2D eigenvalue weighted by molar-refractivity contribution is 6.21. The summed E-state index contributed by atoms with van der Waals surface area (Å²) in [5, 5.41) is 17.2. The Balaban J connectivity index is 1.89. The first kappa shape index (κ1) is 15.2. The molecule has 0 amide bonds. The van der Waals surface area contributed by atoms with E-state index in [0.717, 1.165) is 43.8 Å². The van der Waals surface area contributed by atoms with Crippen molar-refractivity contribution in [3.05, 3.63) is 85.1 Å². The molecule has 0 aliphatic carbocycles. The molecule has 0 radical (unpaired) electrons. The summed E-state index contributed by atoms with van der Waals surface area (Å²) in [6.07, 6.45) is 1.55. The second-order valence-corrected chi connectivity index (χ2v) is 7.11. The van der Waals surface area contributed by atoms with Crippen LogP contribution >= 0.6 is 0 Å². The zero-order valence-electron chi connectivity index (χ0n) is 15.0. The summed E-state index contributed by atoms with van der Waals surface area (Å²) in [4.78, 5) is 8.09. The van der Waals surface area contributed by atoms with Crippen molar-refractivity contribution < 1.29 is 5.11 Å². The summed E-state index contributed by atoms with van der Waals surface area (Å²) in [7, 11) is 0. The van der Waals surface area contributed by atoms with Gasteiger partial charge in [-0.1, -0.05) is 66.7 Å². The maximum absolute atomic E-state index is 10.5. The molecule has 0 saturated heterocycles. The topological polar surface area (TPSA) is 48.9 Å². The van der Waals surface area contributed by atoms with Crippen molar-refractivity contribution in [1.29, 1.82) is 0 Å². The van der Waals surface area contributed by atoms with E-state index in [1.807, 2.05) is 18.2 Å². The van der Waals surface area contributed by atoms with Gasteiger partial charge < -0.3 is 10.1 Å². The molecule has 0 bridgehead atoms. The Morgan fingerprint density at radius 2 is 1.32 bits per heavy atom. The Labute approximate surface area is 160 Å². The number of nitrogens with one attached hydrogen (secondary N) is 1. The highest BCUT2D eigenvalue weighted by Crippen LogP contribution is 2.42. The van der Waals surface area contributed by atoms with E-state index in [9.17, 15) is 5.11 Å². The lowest BCUT2D eigenvalue weighted by Crippen LogP contribution is -1.90. The third-order valence-electron chi connectivity index (χ3n) is 5.52. The van der Waals surface area contributed by atoms with E-state index in [-0.39, 0.29) is 5.75 Å². The maximum atomic E-state index is 10.5. The van der Waals surface area contributed by atoms with Gasteiger partial charge in [0.15, 0.2) is 5.75 Å². The molecule has 0 fully saturated rings. The number of hydrogen-bond acceptors (Lipinski definition) is 2. The molecule has 6 rings (SSSR count). The number of para-hydroxylation sites is 1. The summed E-state index contributed by atoms with van der Waals surface area (Å²) in [6.45, 7) is 0. The second kappa shape index (κ2) is 5.57. The average molecular weight is 360 g/mol. The van der Waals surface area contributed by atoms with Crippen LogP contribution in [-0.2, 0) is 0 Å². The first-order valence-electron chi connectivity index (χ1n) is 9.30. The van der Waals surface area contributed by atoms with Crippen LogP contribution in [0.25, 0.3) is 54.6 Å². The molecule has 0 saturated carbocycles. The number of fused-ring (bicyclic) bond motifs is 5. The molecule has 3 heteroatoms. The zero-order valence-corrected chi connectivity index (χ0v) is 15.0. The number of pyridine rings is 1. The van der Waals surface area contributed by atoms with E-state index >= 15 is 0 Å². The average Bonchev–Trinajstić information content (AvgIpc) is 3.13. The van der Waals surface area contributed by atoms with E-state index in [2.05, 4.69) is 65.6 Å². The van der Waals surface area contributed by atoms with E-state index in [1.165, 1.54) is 10.8 Å². The fraction of sp³-hybridized carbons (Fsp3) is 0. The smallest absolute Gasteiger partial charge is 0.158 e. The van der Waals surface area contributed by atoms with Gasteiger partial charge in [-0.2, -0.15) is 0 Å². The van der Waals surface area contributed by atoms with Crippen molar-refractivity contribution in [3.8, 4) is 17.0 Å². The molecule has 2 heterocycles. The Morgan fingerprint density at radius 3 is 2.04 bits per heavy atom. The van der Waals surface area contributed by atoms with Crippen LogP contribution in [0.3, 0.4) is 0 Å². The summed E-state index contributed by atoms with van der Waals surface area (Å²) in [5.74, 6) is 0.166. The van der Waals surface area contributed by atoms with Gasteiger partial charge in [0.1, 0.15) is 0 Å². The second-order valence-electron chi connectivity index (χ2n) is 7.11. The van der Waals surface area contributed by atoms with Crippen molar-refractivity contribution in [1.82, 2.24) is 9.97 Å². The molecule has 0 aliphatic heterocycles. The predicted octanol–water partition coefficient (Wildman–Crippen LogP) is 6.40. The largest absolute Gasteiger partial charge is 0.504 e. The van der Waals surface area contributed by atoms with Gasteiger partial charge in [0.2, 0.25) is 0 Å². The van der Waals surface area contributed by atoms with Crippen molar-refractivity contribution in [2.24, 2.45) is 0 Å². The number of aromatic hydroxyl groups is 1. The van der Waals surface area contributed by atoms with Gasteiger partial charge in [0, 0.05) is 21.9 Å². The standard InChI is InChI=1S/C25H16N2O/c28-21-14-26-25(23-19-11-5-6-12-20(19)27-24(21)23)22-17-9-3-1-7-15(17)13-16-8-2-4-10-18(16)22/h1-14,27-28H. The monoisotopic (exact) mass is 360 g/mol. The van der Waals surface area contributed by atoms with Gasteiger partial charge in [0.05, 0.1) is 17.4 Å². The van der Waals surface area contributed by atoms with Crippen LogP contribution in [0.2, 0.25) is 0 Å². The summed E-state index contributed by atoms with van der Waals surface area (Å²) < 4.78 is 0. The molecule has 4 aromatic carbocycles. The van der Waals surface area contributed by atoms with Gasteiger partial charge >= 0.3 is 0 Å². The molecule has 0 unspecified atom stereocenters. The summed E-state index contributed by atoms with van der Waals surface area (Å²) in [6, 6.07) is 27.2. The number of rotatable bonds is 1. The normalized spacial score (nSPS) is 11.7. The van der Waals surface area contributed by atoms with Gasteiger partial charge in [0.25, 0.3) is 0 Å². The molecule has 2 aromatic heterocycles. The highest BCUT2D eigenvalue weighted by Gasteiger charge is 2.18. The van der Waals surface area contributed by atoms with Crippen molar-refractivity contribution in [2.75, 3.05) is 0 Å². The van der Waals surface area contributed by atoms with Gasteiger partial charge in [-0.15, -0.1) is 0 Å². The van der Waals surface area contributed by atoms with E-state index < -0.39 is 0 Å². The number of hydrogen-bond donors (Lipinski definition) is 2. The number of nitrogens with zero attached hydrogens (tertiary/aromatic N) is 1. The Bertz CT molecular complexity index is 1470. The van der Waals surface area contributed by atoms with Gasteiger partial charge in [-0.25, -0.2) is 0 Å². The van der Waals surface area contributed by atoms with Crippen molar-refractivity contribution >= 4 is 43.4 Å². The molecule has 2 N–H and O–H groups in total. The zero-order chi connectivity index (χ0) is 18.7. The van der Waals surface area contributed by atoms with E-state index in [1.54, 1.807) is 6.20 Å². The fourth-order valence-corrected chi connectivity index (χ4v) is 4.29. The Kier molecular flexibility index (Phi) is 3.03. The quantitative estimate of drug-likeness (QED) is 0.334. The SMILES string of the molecule is Oc1cnc(-c2c3ccccc3cc3ccccc23)c2c1[nH]c1ccccc12. The number of aromatic amines is 1. The molecule has 6 aromatic rings. The molecule has 0 aliphatic rings. The lowest BCUT2D eigenvalue weighted by Gasteiger charge is -2.13. The Morgan fingerprint density at radius 1 is 0.714 bits per heavy atom. The van der Waals surface area contributed by atoms with Crippen molar-refractivity contribution in [2.45, 2.75) is 0 Å². The molecule has 0 atom stereocenters.